The number of piperidine rings is 1. The van der Waals surface area contributed by atoms with Gasteiger partial charge in [0.05, 0.1) is 0 Å². The van der Waals surface area contributed by atoms with Gasteiger partial charge in [0.2, 0.25) is 11.7 Å². The van der Waals surface area contributed by atoms with Gasteiger partial charge in [-0.3, -0.25) is 4.79 Å². The Bertz CT molecular complexity index is 705. The second-order valence-electron chi connectivity index (χ2n) is 6.05. The van der Waals surface area contributed by atoms with Crippen molar-refractivity contribution in [2.75, 3.05) is 13.1 Å². The van der Waals surface area contributed by atoms with Gasteiger partial charge in [0.15, 0.2) is 6.04 Å². The molecule has 1 fully saturated rings. The third kappa shape index (κ3) is 4.48. The molecule has 25 heavy (non-hydrogen) atoms. The number of amides is 1. The van der Waals surface area contributed by atoms with Gasteiger partial charge in [0, 0.05) is 29.7 Å². The molecule has 0 aliphatic carbocycles. The van der Waals surface area contributed by atoms with Crippen molar-refractivity contribution >= 4 is 29.9 Å². The van der Waals surface area contributed by atoms with Crippen molar-refractivity contribution in [3.8, 4) is 11.4 Å². The van der Waals surface area contributed by atoms with Gasteiger partial charge >= 0.3 is 0 Å². The molecule has 0 saturated carbocycles. The second kappa shape index (κ2) is 8.60. The topological polar surface area (TPSA) is 89.9 Å². The van der Waals surface area contributed by atoms with Crippen LogP contribution in [0.4, 0.5) is 0 Å². The third-order valence-corrected chi connectivity index (χ3v) is 4.50. The monoisotopic (exact) mass is 384 g/mol. The van der Waals surface area contributed by atoms with Crippen molar-refractivity contribution in [3.63, 3.8) is 0 Å². The highest BCUT2D eigenvalue weighted by Crippen LogP contribution is 2.20. The van der Waals surface area contributed by atoms with E-state index in [1.54, 1.807) is 12.1 Å². The lowest BCUT2D eigenvalue weighted by Gasteiger charge is -2.32. The van der Waals surface area contributed by atoms with Gasteiger partial charge in [-0.2, -0.15) is 4.80 Å². The lowest BCUT2D eigenvalue weighted by atomic mass is 10.1. The summed E-state index contributed by atoms with van der Waals surface area (Å²) in [6, 6.07) is 6.80. The lowest BCUT2D eigenvalue weighted by molar-refractivity contribution is -0.136. The predicted molar refractivity (Wildman–Crippen MR) is 98.6 cm³/mol. The first kappa shape index (κ1) is 19.6. The van der Waals surface area contributed by atoms with Gasteiger partial charge in [-0.25, -0.2) is 0 Å². The number of hydrogen-bond donors (Lipinski definition) is 1. The van der Waals surface area contributed by atoms with Crippen LogP contribution in [0, 0.1) is 0 Å². The van der Waals surface area contributed by atoms with E-state index >= 15 is 0 Å². The Morgan fingerprint density at radius 3 is 2.76 bits per heavy atom. The van der Waals surface area contributed by atoms with E-state index in [4.69, 9.17) is 17.3 Å². The zero-order chi connectivity index (χ0) is 17.1. The minimum absolute atomic E-state index is 0. The van der Waals surface area contributed by atoms with Crippen molar-refractivity contribution < 1.29 is 4.79 Å². The first-order valence-corrected chi connectivity index (χ1v) is 8.56. The predicted octanol–water partition coefficient (Wildman–Crippen LogP) is 2.32. The summed E-state index contributed by atoms with van der Waals surface area (Å²) in [6.07, 6.45) is 2.49. The number of nitrogens with two attached hydrogens (primary N) is 1. The molecule has 3 rings (SSSR count). The minimum atomic E-state index is -0.455. The molecule has 1 amide bonds. The first-order valence-electron chi connectivity index (χ1n) is 8.18. The van der Waals surface area contributed by atoms with Crippen molar-refractivity contribution in [2.45, 2.75) is 38.3 Å². The molecule has 2 atom stereocenters. The maximum atomic E-state index is 12.8. The molecule has 1 aromatic carbocycles. The fourth-order valence-electron chi connectivity index (χ4n) is 2.93. The smallest absolute Gasteiger partial charge is 0.249 e. The SMILES string of the molecule is CCC(C(=O)N1CCCC(N)C1)n1nnc(-c2ccc(Cl)cc2)n1.Cl. The van der Waals surface area contributed by atoms with Gasteiger partial charge in [-0.15, -0.1) is 22.6 Å². The Morgan fingerprint density at radius 1 is 1.40 bits per heavy atom. The van der Waals surface area contributed by atoms with Crippen LogP contribution >= 0.6 is 24.0 Å². The molecule has 7 nitrogen and oxygen atoms in total. The van der Waals surface area contributed by atoms with Crippen molar-refractivity contribution in [1.29, 1.82) is 0 Å². The molecule has 136 valence electrons. The van der Waals surface area contributed by atoms with E-state index in [9.17, 15) is 4.79 Å². The number of likely N-dealkylation sites (tertiary alicyclic amines) is 1. The number of carbonyl (C=O) groups excluding carboxylic acids is 1. The molecule has 1 aromatic heterocycles. The van der Waals surface area contributed by atoms with E-state index in [1.165, 1.54) is 4.80 Å². The Kier molecular flexibility index (Phi) is 6.75. The maximum Gasteiger partial charge on any atom is 0.249 e. The van der Waals surface area contributed by atoms with Gasteiger partial charge in [-0.05, 0) is 48.7 Å². The Balaban J connectivity index is 0.00000225. The largest absolute Gasteiger partial charge is 0.339 e. The minimum Gasteiger partial charge on any atom is -0.339 e. The summed E-state index contributed by atoms with van der Waals surface area (Å²) in [4.78, 5) is 16.0. The van der Waals surface area contributed by atoms with Crippen LogP contribution in [0.5, 0.6) is 0 Å². The van der Waals surface area contributed by atoms with E-state index in [0.717, 1.165) is 24.9 Å². The summed E-state index contributed by atoms with van der Waals surface area (Å²) in [5.74, 6) is 0.487. The van der Waals surface area contributed by atoms with Crippen LogP contribution in [0.2, 0.25) is 5.02 Å². The van der Waals surface area contributed by atoms with E-state index in [1.807, 2.05) is 24.0 Å². The zero-order valence-corrected chi connectivity index (χ0v) is 15.6. The summed E-state index contributed by atoms with van der Waals surface area (Å²) >= 11 is 5.89. The lowest BCUT2D eigenvalue weighted by Crippen LogP contribution is -2.48. The molecule has 9 heteroatoms. The summed E-state index contributed by atoms with van der Waals surface area (Å²) in [5, 5.41) is 13.2. The van der Waals surface area contributed by atoms with Gasteiger partial charge in [-0.1, -0.05) is 18.5 Å². The van der Waals surface area contributed by atoms with Crippen LogP contribution < -0.4 is 5.73 Å². The maximum absolute atomic E-state index is 12.8. The standard InChI is InChI=1S/C16H21ClN6O.ClH/c1-2-14(16(24)22-9-3-4-13(18)10-22)23-20-15(19-21-23)11-5-7-12(17)8-6-11;/h5-8,13-14H,2-4,9-10,18H2,1H3;1H. The highest BCUT2D eigenvalue weighted by molar-refractivity contribution is 6.30. The molecule has 0 bridgehead atoms. The van der Waals surface area contributed by atoms with Crippen LogP contribution in [-0.4, -0.2) is 50.1 Å². The Hall–Kier alpha value is -1.70. The number of benzene rings is 1. The third-order valence-electron chi connectivity index (χ3n) is 4.25. The first-order chi connectivity index (χ1) is 11.6. The van der Waals surface area contributed by atoms with Crippen LogP contribution in [0.3, 0.4) is 0 Å². The quantitative estimate of drug-likeness (QED) is 0.873. The molecule has 2 unspecified atom stereocenters. The van der Waals surface area contributed by atoms with Crippen molar-refractivity contribution in [3.05, 3.63) is 29.3 Å². The number of carbonyl (C=O) groups is 1. The average Bonchev–Trinajstić information content (AvgIpc) is 3.06. The highest BCUT2D eigenvalue weighted by atomic mass is 35.5. The summed E-state index contributed by atoms with van der Waals surface area (Å²) < 4.78 is 0. The van der Waals surface area contributed by atoms with E-state index in [-0.39, 0.29) is 24.4 Å². The molecular weight excluding hydrogens is 363 g/mol. The zero-order valence-electron chi connectivity index (χ0n) is 14.0. The van der Waals surface area contributed by atoms with Crippen LogP contribution in [0.1, 0.15) is 32.2 Å². The molecule has 2 aromatic rings. The van der Waals surface area contributed by atoms with Crippen LogP contribution in [0.15, 0.2) is 24.3 Å². The van der Waals surface area contributed by atoms with Crippen LogP contribution in [-0.2, 0) is 4.79 Å². The average molecular weight is 385 g/mol. The van der Waals surface area contributed by atoms with E-state index in [0.29, 0.717) is 23.8 Å². The molecule has 2 N–H and O–H groups in total. The normalized spacial score (nSPS) is 18.5. The Morgan fingerprint density at radius 2 is 2.12 bits per heavy atom. The fraction of sp³-hybridized carbons (Fsp3) is 0.500. The van der Waals surface area contributed by atoms with Crippen LogP contribution in [0.25, 0.3) is 11.4 Å². The summed E-state index contributed by atoms with van der Waals surface area (Å²) in [7, 11) is 0. The summed E-state index contributed by atoms with van der Waals surface area (Å²) in [6.45, 7) is 3.27. The van der Waals surface area contributed by atoms with Gasteiger partial charge in [0.25, 0.3) is 0 Å². The van der Waals surface area contributed by atoms with Gasteiger partial charge in [0.1, 0.15) is 0 Å². The fourth-order valence-corrected chi connectivity index (χ4v) is 3.06. The molecule has 0 spiro atoms. The van der Waals surface area contributed by atoms with E-state index < -0.39 is 6.04 Å². The molecular formula is C16H22Cl2N6O. The van der Waals surface area contributed by atoms with Crippen molar-refractivity contribution in [2.24, 2.45) is 5.73 Å². The molecule has 1 saturated heterocycles. The number of aromatic nitrogens is 4. The number of rotatable bonds is 4. The molecule has 1 aliphatic heterocycles. The second-order valence-corrected chi connectivity index (χ2v) is 6.49. The number of hydrogen-bond acceptors (Lipinski definition) is 5. The highest BCUT2D eigenvalue weighted by Gasteiger charge is 2.29. The number of nitrogens with zero attached hydrogens (tertiary/aromatic N) is 5. The number of tetrazole rings is 1. The summed E-state index contributed by atoms with van der Waals surface area (Å²) in [5.41, 5.74) is 6.79. The molecule has 2 heterocycles. The Labute approximate surface area is 157 Å². The molecule has 1 aliphatic rings. The van der Waals surface area contributed by atoms with Crippen molar-refractivity contribution in [1.82, 2.24) is 25.1 Å². The van der Waals surface area contributed by atoms with Gasteiger partial charge < -0.3 is 10.6 Å². The number of halogens is 2. The van der Waals surface area contributed by atoms with E-state index in [2.05, 4.69) is 15.4 Å². The molecule has 0 radical (unpaired) electrons.